The molecule has 0 saturated heterocycles. The molecule has 0 aliphatic carbocycles. The van der Waals surface area contributed by atoms with Crippen LogP contribution in [0.3, 0.4) is 0 Å². The maximum absolute atomic E-state index is 4.21. The molecule has 0 nitrogen and oxygen atoms in total. The lowest BCUT2D eigenvalue weighted by Crippen LogP contribution is -2.15. The lowest BCUT2D eigenvalue weighted by Gasteiger charge is -2.05. The van der Waals surface area contributed by atoms with Gasteiger partial charge in [0, 0.05) is 0 Å². The van der Waals surface area contributed by atoms with Gasteiger partial charge in [-0.25, -0.2) is 0 Å². The predicted molar refractivity (Wildman–Crippen MR) is 83.6 cm³/mol. The van der Waals surface area contributed by atoms with Gasteiger partial charge in [-0.1, -0.05) is 86.2 Å². The number of benzene rings is 1. The van der Waals surface area contributed by atoms with E-state index in [1.807, 2.05) is 0 Å². The van der Waals surface area contributed by atoms with Gasteiger partial charge in [-0.2, -0.15) is 0 Å². The molecule has 1 rings (SSSR count). The summed E-state index contributed by atoms with van der Waals surface area (Å²) < 4.78 is 0. The van der Waals surface area contributed by atoms with Crippen LogP contribution < -0.4 is 5.19 Å². The molecule has 0 aliphatic heterocycles. The van der Waals surface area contributed by atoms with E-state index < -0.39 is 0 Å². The topological polar surface area (TPSA) is 0 Å². The van der Waals surface area contributed by atoms with Gasteiger partial charge in [-0.15, -0.1) is 6.58 Å². The molecule has 0 spiro atoms. The van der Waals surface area contributed by atoms with Gasteiger partial charge >= 0.3 is 0 Å². The fraction of sp³-hybridized carbons (Fsp3) is 0.529. The van der Waals surface area contributed by atoms with Gasteiger partial charge < -0.3 is 0 Å². The first-order chi connectivity index (χ1) is 8.83. The summed E-state index contributed by atoms with van der Waals surface area (Å²) in [6.07, 6.45) is 10.9. The highest BCUT2D eigenvalue weighted by atomic mass is 28.2. The molecule has 1 aromatic carbocycles. The highest BCUT2D eigenvalue weighted by molar-refractivity contribution is 6.60. The molecule has 1 aromatic rings. The largest absolute Gasteiger partial charge is 0.115 e. The van der Waals surface area contributed by atoms with Gasteiger partial charge in [-0.3, -0.25) is 0 Å². The zero-order valence-corrected chi connectivity index (χ0v) is 12.8. The number of unbranched alkanes of at least 4 members (excludes halogenated alkanes) is 6. The van der Waals surface area contributed by atoms with E-state index in [0.717, 1.165) is 9.52 Å². The van der Waals surface area contributed by atoms with Crippen LogP contribution >= 0.6 is 0 Å². The molecular formula is C17H26Si. The summed E-state index contributed by atoms with van der Waals surface area (Å²) in [6, 6.07) is 10.7. The van der Waals surface area contributed by atoms with E-state index in [9.17, 15) is 0 Å². The normalized spacial score (nSPS) is 10.5. The fourth-order valence-corrected chi connectivity index (χ4v) is 3.15. The molecule has 1 heteroatoms. The van der Waals surface area contributed by atoms with E-state index in [1.165, 1.54) is 61.7 Å². The Kier molecular flexibility index (Phi) is 8.58. The monoisotopic (exact) mass is 258 g/mol. The molecule has 0 bridgehead atoms. The quantitative estimate of drug-likeness (QED) is 0.422. The van der Waals surface area contributed by atoms with Crippen LogP contribution in [0.25, 0.3) is 0 Å². The van der Waals surface area contributed by atoms with Crippen molar-refractivity contribution in [3.63, 3.8) is 0 Å². The average molecular weight is 258 g/mol. The molecule has 0 N–H and O–H groups in total. The van der Waals surface area contributed by atoms with Crippen LogP contribution in [0, 0.1) is 0 Å². The highest BCUT2D eigenvalue weighted by Gasteiger charge is 1.99. The second-order valence-corrected chi connectivity index (χ2v) is 6.50. The second-order valence-electron chi connectivity index (χ2n) is 4.97. The van der Waals surface area contributed by atoms with E-state index in [-0.39, 0.29) is 0 Å². The minimum atomic E-state index is 0.796. The molecular weight excluding hydrogens is 232 g/mol. The van der Waals surface area contributed by atoms with E-state index in [1.54, 1.807) is 0 Å². The van der Waals surface area contributed by atoms with Crippen LogP contribution in [0.4, 0.5) is 0 Å². The first-order valence-corrected chi connectivity index (χ1v) is 8.32. The fourth-order valence-electron chi connectivity index (χ4n) is 2.08. The molecule has 0 amide bonds. The van der Waals surface area contributed by atoms with Gasteiger partial charge in [0.15, 0.2) is 0 Å². The summed E-state index contributed by atoms with van der Waals surface area (Å²) in [5.41, 5.74) is 0. The van der Waals surface area contributed by atoms with Crippen molar-refractivity contribution in [1.82, 2.24) is 0 Å². The first-order valence-electron chi connectivity index (χ1n) is 7.32. The molecule has 0 aromatic heterocycles. The summed E-state index contributed by atoms with van der Waals surface area (Å²) >= 11 is 0. The Morgan fingerprint density at radius 1 is 0.944 bits per heavy atom. The van der Waals surface area contributed by atoms with E-state index >= 15 is 0 Å². The van der Waals surface area contributed by atoms with Gasteiger partial charge in [0.05, 0.1) is 0 Å². The second kappa shape index (κ2) is 10.1. The van der Waals surface area contributed by atoms with Crippen LogP contribution in [0.5, 0.6) is 0 Å². The molecule has 0 saturated carbocycles. The lowest BCUT2D eigenvalue weighted by atomic mass is 10.1. The summed E-state index contributed by atoms with van der Waals surface area (Å²) in [4.78, 5) is 0. The van der Waals surface area contributed by atoms with Crippen molar-refractivity contribution in [3.05, 3.63) is 42.1 Å². The summed E-state index contributed by atoms with van der Waals surface area (Å²) in [6.45, 7) is 6.48. The maximum atomic E-state index is 4.21. The Morgan fingerprint density at radius 3 is 2.22 bits per heavy atom. The number of rotatable bonds is 10. The Labute approximate surface area is 115 Å². The van der Waals surface area contributed by atoms with Crippen molar-refractivity contribution >= 4 is 14.7 Å². The molecule has 0 heterocycles. The summed E-state index contributed by atoms with van der Waals surface area (Å²) in [5.74, 6) is 0. The third-order valence-electron chi connectivity index (χ3n) is 3.18. The number of hydrogen-bond acceptors (Lipinski definition) is 0. The standard InChI is InChI=1S/C17H26Si/c1-3-4-5-6-7-8-10-13-16(2)18-17-14-11-9-12-15-17/h9,11-12,14-15H,2-8,10,13H2,1H3. The van der Waals surface area contributed by atoms with Gasteiger partial charge in [-0.05, 0) is 12.8 Å². The highest BCUT2D eigenvalue weighted by Crippen LogP contribution is 2.10. The third-order valence-corrected chi connectivity index (χ3v) is 4.40. The van der Waals surface area contributed by atoms with Gasteiger partial charge in [0.2, 0.25) is 0 Å². The summed E-state index contributed by atoms with van der Waals surface area (Å²) in [5, 5.41) is 2.83. The Morgan fingerprint density at radius 2 is 1.56 bits per heavy atom. The summed E-state index contributed by atoms with van der Waals surface area (Å²) in [7, 11) is 0.796. The average Bonchev–Trinajstić information content (AvgIpc) is 2.39. The molecule has 98 valence electrons. The molecule has 18 heavy (non-hydrogen) atoms. The molecule has 0 atom stereocenters. The van der Waals surface area contributed by atoms with Gasteiger partial charge in [0.1, 0.15) is 9.52 Å². The molecule has 0 fully saturated rings. The Hall–Kier alpha value is -0.823. The third kappa shape index (κ3) is 7.49. The molecule has 0 unspecified atom stereocenters. The first kappa shape index (κ1) is 15.2. The van der Waals surface area contributed by atoms with Crippen molar-refractivity contribution in [1.29, 1.82) is 0 Å². The van der Waals surface area contributed by atoms with E-state index in [4.69, 9.17) is 0 Å². The minimum absolute atomic E-state index is 0.796. The van der Waals surface area contributed by atoms with E-state index in [0.29, 0.717) is 0 Å². The zero-order valence-electron chi connectivity index (χ0n) is 11.8. The Bertz CT molecular complexity index is 316. The van der Waals surface area contributed by atoms with Gasteiger partial charge in [0.25, 0.3) is 0 Å². The van der Waals surface area contributed by atoms with Crippen LogP contribution in [-0.2, 0) is 0 Å². The van der Waals surface area contributed by atoms with Crippen LogP contribution in [-0.4, -0.2) is 9.52 Å². The zero-order chi connectivity index (χ0) is 13.1. The van der Waals surface area contributed by atoms with Crippen molar-refractivity contribution in [2.75, 3.05) is 0 Å². The van der Waals surface area contributed by atoms with Crippen molar-refractivity contribution in [2.24, 2.45) is 0 Å². The molecule has 2 radical (unpaired) electrons. The lowest BCUT2D eigenvalue weighted by molar-refractivity contribution is 0.591. The Balaban J connectivity index is 2.00. The van der Waals surface area contributed by atoms with E-state index in [2.05, 4.69) is 43.8 Å². The van der Waals surface area contributed by atoms with Crippen LogP contribution in [0.15, 0.2) is 42.1 Å². The SMILES string of the molecule is C=C(CCCCCCCCC)[Si]c1ccccc1. The predicted octanol–water partition coefficient (Wildman–Crippen LogP) is 4.67. The van der Waals surface area contributed by atoms with Crippen molar-refractivity contribution in [3.8, 4) is 0 Å². The van der Waals surface area contributed by atoms with Crippen molar-refractivity contribution in [2.45, 2.75) is 58.3 Å². The van der Waals surface area contributed by atoms with Crippen LogP contribution in [0.2, 0.25) is 0 Å². The van der Waals surface area contributed by atoms with Crippen LogP contribution in [0.1, 0.15) is 58.3 Å². The smallest absolute Gasteiger partial charge is 0.104 e. The van der Waals surface area contributed by atoms with Crippen molar-refractivity contribution < 1.29 is 0 Å². The molecule has 0 aliphatic rings. The number of allylic oxidation sites excluding steroid dienone is 1. The number of hydrogen-bond donors (Lipinski definition) is 0. The minimum Gasteiger partial charge on any atom is -0.104 e. The maximum Gasteiger partial charge on any atom is 0.115 e.